The van der Waals surface area contributed by atoms with Crippen molar-refractivity contribution in [3.63, 3.8) is 0 Å². The van der Waals surface area contributed by atoms with Gasteiger partial charge >= 0.3 is 5.97 Å². The number of hydrogen-bond donors (Lipinski definition) is 1. The lowest BCUT2D eigenvalue weighted by Gasteiger charge is -2.23. The second-order valence-electron chi connectivity index (χ2n) is 8.38. The van der Waals surface area contributed by atoms with Crippen LogP contribution in [0, 0.1) is 0 Å². The average molecular weight is 471 g/mol. The van der Waals surface area contributed by atoms with Gasteiger partial charge in [-0.05, 0) is 35.2 Å². The lowest BCUT2D eigenvalue weighted by Crippen LogP contribution is -2.33. The Morgan fingerprint density at radius 2 is 1.71 bits per heavy atom. The van der Waals surface area contributed by atoms with Crippen molar-refractivity contribution in [3.8, 4) is 16.9 Å². The van der Waals surface area contributed by atoms with Gasteiger partial charge in [-0.2, -0.15) is 0 Å². The van der Waals surface area contributed by atoms with Crippen LogP contribution in [0.2, 0.25) is 0 Å². The van der Waals surface area contributed by atoms with Crippen LogP contribution in [-0.4, -0.2) is 54.5 Å². The minimum Gasteiger partial charge on any atom is -0.490 e. The zero-order valence-electron chi connectivity index (χ0n) is 19.7. The molecule has 0 radical (unpaired) electrons. The number of benzene rings is 3. The van der Waals surface area contributed by atoms with Gasteiger partial charge in [0.05, 0.1) is 6.42 Å². The number of rotatable bonds is 11. The van der Waals surface area contributed by atoms with E-state index < -0.39 is 5.97 Å². The molecule has 180 valence electrons. The molecule has 0 atom stereocenters. The first-order chi connectivity index (χ1) is 17.2. The summed E-state index contributed by atoms with van der Waals surface area (Å²) in [5.41, 5.74) is 4.95. The zero-order chi connectivity index (χ0) is 24.3. The average Bonchev–Trinajstić information content (AvgIpc) is 2.89. The van der Waals surface area contributed by atoms with E-state index in [-0.39, 0.29) is 13.0 Å². The van der Waals surface area contributed by atoms with Crippen LogP contribution in [0.1, 0.15) is 17.5 Å². The summed E-state index contributed by atoms with van der Waals surface area (Å²) in [5, 5.41) is 13.4. The lowest BCUT2D eigenvalue weighted by atomic mass is 10.0. The number of oxime groups is 1. The summed E-state index contributed by atoms with van der Waals surface area (Å²) >= 11 is 0. The molecular formula is C29H30N2O4. The van der Waals surface area contributed by atoms with Crippen LogP contribution >= 0.6 is 0 Å². The largest absolute Gasteiger partial charge is 0.490 e. The maximum atomic E-state index is 10.9. The first kappa shape index (κ1) is 24.2. The number of carboxylic acid groups (broad SMARTS) is 1. The molecule has 0 saturated heterocycles. The van der Waals surface area contributed by atoms with Crippen LogP contribution in [0.25, 0.3) is 11.1 Å². The normalized spacial score (nSPS) is 14.0. The summed E-state index contributed by atoms with van der Waals surface area (Å²) in [7, 11) is 0. The van der Waals surface area contributed by atoms with Crippen LogP contribution < -0.4 is 4.74 Å². The van der Waals surface area contributed by atoms with Gasteiger partial charge in [-0.25, -0.2) is 0 Å². The first-order valence-electron chi connectivity index (χ1n) is 11.8. The second-order valence-corrected chi connectivity index (χ2v) is 8.38. The van der Waals surface area contributed by atoms with E-state index in [0.717, 1.165) is 36.3 Å². The highest BCUT2D eigenvalue weighted by molar-refractivity contribution is 6.02. The Morgan fingerprint density at radius 1 is 0.914 bits per heavy atom. The SMILES string of the molecule is O=C(O)Cc1cccc(OCCO/N=C(\CN2CC=CCC2)c2ccc(-c3ccccc3)cc2)c1. The van der Waals surface area contributed by atoms with Crippen molar-refractivity contribution in [2.24, 2.45) is 5.16 Å². The van der Waals surface area contributed by atoms with Crippen LogP contribution in [0.3, 0.4) is 0 Å². The molecule has 1 aliphatic heterocycles. The van der Waals surface area contributed by atoms with Gasteiger partial charge in [-0.1, -0.05) is 84.0 Å². The monoisotopic (exact) mass is 470 g/mol. The molecule has 4 rings (SSSR count). The van der Waals surface area contributed by atoms with E-state index in [2.05, 4.69) is 58.6 Å². The molecule has 6 heteroatoms. The zero-order valence-corrected chi connectivity index (χ0v) is 19.7. The highest BCUT2D eigenvalue weighted by Gasteiger charge is 2.13. The summed E-state index contributed by atoms with van der Waals surface area (Å²) in [6, 6.07) is 25.8. The molecule has 0 spiro atoms. The van der Waals surface area contributed by atoms with Gasteiger partial charge in [-0.15, -0.1) is 0 Å². The van der Waals surface area contributed by atoms with Crippen LogP contribution in [0.5, 0.6) is 5.75 Å². The molecular weight excluding hydrogens is 440 g/mol. The molecule has 0 bridgehead atoms. The van der Waals surface area contributed by atoms with Crippen molar-refractivity contribution >= 4 is 11.7 Å². The summed E-state index contributed by atoms with van der Waals surface area (Å²) in [6.45, 7) is 3.19. The Balaban J connectivity index is 1.38. The fourth-order valence-corrected chi connectivity index (χ4v) is 3.94. The molecule has 3 aromatic carbocycles. The molecule has 1 N–H and O–H groups in total. The Kier molecular flexibility index (Phi) is 8.68. The third-order valence-electron chi connectivity index (χ3n) is 5.71. The van der Waals surface area contributed by atoms with Gasteiger partial charge in [0.15, 0.2) is 6.61 Å². The number of hydrogen-bond acceptors (Lipinski definition) is 5. The highest BCUT2D eigenvalue weighted by Crippen LogP contribution is 2.20. The molecule has 0 aromatic heterocycles. The van der Waals surface area contributed by atoms with Crippen molar-refractivity contribution in [1.29, 1.82) is 0 Å². The Hall–Kier alpha value is -3.90. The summed E-state index contributed by atoms with van der Waals surface area (Å²) in [6.07, 6.45) is 5.40. The topological polar surface area (TPSA) is 71.4 Å². The maximum absolute atomic E-state index is 10.9. The van der Waals surface area contributed by atoms with Gasteiger partial charge in [0, 0.05) is 25.2 Å². The molecule has 3 aromatic rings. The molecule has 0 amide bonds. The molecule has 1 aliphatic rings. The molecule has 0 unspecified atom stereocenters. The Labute approximate surface area is 206 Å². The highest BCUT2D eigenvalue weighted by atomic mass is 16.6. The summed E-state index contributed by atoms with van der Waals surface area (Å²) < 4.78 is 5.72. The third-order valence-corrected chi connectivity index (χ3v) is 5.71. The van der Waals surface area contributed by atoms with E-state index in [1.165, 1.54) is 5.56 Å². The van der Waals surface area contributed by atoms with Gasteiger partial charge in [0.1, 0.15) is 18.1 Å². The first-order valence-corrected chi connectivity index (χ1v) is 11.8. The number of aliphatic carboxylic acids is 1. The van der Waals surface area contributed by atoms with Crippen molar-refractivity contribution in [2.75, 3.05) is 32.8 Å². The molecule has 6 nitrogen and oxygen atoms in total. The van der Waals surface area contributed by atoms with Crippen molar-refractivity contribution in [1.82, 2.24) is 4.90 Å². The Morgan fingerprint density at radius 3 is 2.46 bits per heavy atom. The maximum Gasteiger partial charge on any atom is 0.307 e. The van der Waals surface area contributed by atoms with Gasteiger partial charge in [-0.3, -0.25) is 9.69 Å². The number of carbonyl (C=O) groups is 1. The smallest absolute Gasteiger partial charge is 0.307 e. The minimum atomic E-state index is -0.867. The number of carboxylic acids is 1. The van der Waals surface area contributed by atoms with Crippen LogP contribution in [0.15, 0.2) is 96.2 Å². The van der Waals surface area contributed by atoms with E-state index in [1.807, 2.05) is 18.2 Å². The minimum absolute atomic E-state index is 0.0316. The van der Waals surface area contributed by atoms with Gasteiger partial charge in [0.25, 0.3) is 0 Å². The van der Waals surface area contributed by atoms with E-state index >= 15 is 0 Å². The standard InChI is InChI=1S/C29H30N2O4/c32-29(33)21-23-8-7-11-27(20-23)34-18-19-35-30-28(22-31-16-5-2-6-17-31)26-14-12-25(13-15-26)24-9-3-1-4-10-24/h1-5,7-15,20H,6,16-19,21-22H2,(H,32,33)/b30-28+. The third kappa shape index (κ3) is 7.55. The van der Waals surface area contributed by atoms with Crippen molar-refractivity contribution < 1.29 is 19.5 Å². The quantitative estimate of drug-likeness (QED) is 0.184. The number of nitrogens with zero attached hydrogens (tertiary/aromatic N) is 2. The molecule has 1 heterocycles. The molecule has 0 saturated carbocycles. The van der Waals surface area contributed by atoms with E-state index in [4.69, 9.17) is 14.7 Å². The molecule has 0 fully saturated rings. The van der Waals surface area contributed by atoms with Crippen molar-refractivity contribution in [3.05, 3.63) is 102 Å². The van der Waals surface area contributed by atoms with Gasteiger partial charge < -0.3 is 14.7 Å². The Bertz CT molecular complexity index is 1160. The van der Waals surface area contributed by atoms with Gasteiger partial charge in [0.2, 0.25) is 0 Å². The van der Waals surface area contributed by atoms with Crippen LogP contribution in [0.4, 0.5) is 0 Å². The fraction of sp³-hybridized carbons (Fsp3) is 0.241. The van der Waals surface area contributed by atoms with E-state index in [0.29, 0.717) is 24.5 Å². The molecule has 0 aliphatic carbocycles. The predicted octanol–water partition coefficient (Wildman–Crippen LogP) is 5.04. The summed E-state index contributed by atoms with van der Waals surface area (Å²) in [5.74, 6) is -0.249. The number of ether oxygens (including phenoxy) is 1. The lowest BCUT2D eigenvalue weighted by molar-refractivity contribution is -0.136. The van der Waals surface area contributed by atoms with E-state index in [9.17, 15) is 4.79 Å². The molecule has 35 heavy (non-hydrogen) atoms. The predicted molar refractivity (Wildman–Crippen MR) is 138 cm³/mol. The van der Waals surface area contributed by atoms with Crippen molar-refractivity contribution in [2.45, 2.75) is 12.8 Å². The van der Waals surface area contributed by atoms with Crippen LogP contribution in [-0.2, 0) is 16.1 Å². The fourth-order valence-electron chi connectivity index (χ4n) is 3.94. The second kappa shape index (κ2) is 12.5. The summed E-state index contributed by atoms with van der Waals surface area (Å²) in [4.78, 5) is 18.9. The van der Waals surface area contributed by atoms with E-state index in [1.54, 1.807) is 24.3 Å².